The highest BCUT2D eigenvalue weighted by molar-refractivity contribution is 7.09. The van der Waals surface area contributed by atoms with Gasteiger partial charge in [-0.15, -0.1) is 11.3 Å². The quantitative estimate of drug-likeness (QED) is 0.663. The minimum absolute atomic E-state index is 0.128. The Morgan fingerprint density at radius 2 is 2.16 bits per heavy atom. The van der Waals surface area contributed by atoms with Crippen LogP contribution in [0.25, 0.3) is 0 Å². The fraction of sp³-hybridized carbons (Fsp3) is 0.636. The van der Waals surface area contributed by atoms with Crippen LogP contribution in [0.3, 0.4) is 0 Å². The molecule has 108 valence electrons. The molecule has 0 fully saturated rings. The summed E-state index contributed by atoms with van der Waals surface area (Å²) >= 11 is 0.962. The maximum Gasteiger partial charge on any atom is 0.434 e. The number of guanidine groups is 1. The minimum atomic E-state index is -4.39. The first kappa shape index (κ1) is 15.7. The number of aliphatic imine (C=N–C) groups is 1. The van der Waals surface area contributed by atoms with E-state index in [9.17, 15) is 13.2 Å². The summed E-state index contributed by atoms with van der Waals surface area (Å²) in [5, 5.41) is 7.44. The summed E-state index contributed by atoms with van der Waals surface area (Å²) in [6.07, 6.45) is -4.39. The molecule has 2 N–H and O–H groups in total. The van der Waals surface area contributed by atoms with Gasteiger partial charge in [-0.25, -0.2) is 9.98 Å². The standard InChI is InChI=1S/C11H17F3N4S/c1-4-15-10(17-7(2)3)16-5-9-18-8(6-19-9)11(12,13)14/h6-7H,4-5H2,1-3H3,(H2,15,16,17). The zero-order chi connectivity index (χ0) is 14.5. The van der Waals surface area contributed by atoms with Crippen molar-refractivity contribution in [3.05, 3.63) is 16.1 Å². The van der Waals surface area contributed by atoms with Crippen molar-refractivity contribution >= 4 is 17.3 Å². The van der Waals surface area contributed by atoms with Crippen LogP contribution in [-0.2, 0) is 12.7 Å². The number of nitrogens with zero attached hydrogens (tertiary/aromatic N) is 2. The minimum Gasteiger partial charge on any atom is -0.357 e. The molecule has 0 amide bonds. The van der Waals surface area contributed by atoms with Crippen molar-refractivity contribution in [1.82, 2.24) is 15.6 Å². The van der Waals surface area contributed by atoms with Crippen molar-refractivity contribution in [1.29, 1.82) is 0 Å². The van der Waals surface area contributed by atoms with Crippen LogP contribution in [-0.4, -0.2) is 23.5 Å². The van der Waals surface area contributed by atoms with Crippen molar-refractivity contribution < 1.29 is 13.2 Å². The van der Waals surface area contributed by atoms with Crippen LogP contribution in [0.4, 0.5) is 13.2 Å². The number of hydrogen-bond acceptors (Lipinski definition) is 3. The molecule has 1 aromatic rings. The molecule has 19 heavy (non-hydrogen) atoms. The molecule has 0 aromatic carbocycles. The van der Waals surface area contributed by atoms with Gasteiger partial charge in [-0.2, -0.15) is 13.2 Å². The molecule has 0 radical (unpaired) electrons. The van der Waals surface area contributed by atoms with Gasteiger partial charge in [0.2, 0.25) is 0 Å². The molecule has 0 aliphatic carbocycles. The van der Waals surface area contributed by atoms with E-state index in [4.69, 9.17) is 0 Å². The summed E-state index contributed by atoms with van der Waals surface area (Å²) in [4.78, 5) is 7.72. The molecule has 0 aliphatic rings. The lowest BCUT2D eigenvalue weighted by Crippen LogP contribution is -2.40. The number of alkyl halides is 3. The number of thiazole rings is 1. The van der Waals surface area contributed by atoms with Gasteiger partial charge in [0.05, 0.1) is 6.54 Å². The number of aromatic nitrogens is 1. The molecule has 8 heteroatoms. The van der Waals surface area contributed by atoms with Crippen LogP contribution in [0.5, 0.6) is 0 Å². The van der Waals surface area contributed by atoms with Gasteiger partial charge in [0.25, 0.3) is 0 Å². The molecular weight excluding hydrogens is 277 g/mol. The van der Waals surface area contributed by atoms with Crippen molar-refractivity contribution in [3.8, 4) is 0 Å². The van der Waals surface area contributed by atoms with E-state index in [0.29, 0.717) is 17.5 Å². The van der Waals surface area contributed by atoms with Crippen LogP contribution in [0.15, 0.2) is 10.4 Å². The lowest BCUT2D eigenvalue weighted by molar-refractivity contribution is -0.140. The highest BCUT2D eigenvalue weighted by Gasteiger charge is 2.33. The number of rotatable bonds is 4. The Balaban J connectivity index is 2.69. The van der Waals surface area contributed by atoms with Gasteiger partial charge >= 0.3 is 6.18 Å². The number of nitrogens with one attached hydrogen (secondary N) is 2. The molecule has 0 unspecified atom stereocenters. The Hall–Kier alpha value is -1.31. The van der Waals surface area contributed by atoms with E-state index in [1.807, 2.05) is 20.8 Å². The summed E-state index contributed by atoms with van der Waals surface area (Å²) in [5.74, 6) is 0.571. The van der Waals surface area contributed by atoms with Crippen LogP contribution in [0.1, 0.15) is 31.5 Å². The average molecular weight is 294 g/mol. The first-order valence-electron chi connectivity index (χ1n) is 5.89. The Morgan fingerprint density at radius 3 is 2.63 bits per heavy atom. The number of halogens is 3. The zero-order valence-electron chi connectivity index (χ0n) is 11.0. The van der Waals surface area contributed by atoms with Gasteiger partial charge in [-0.05, 0) is 20.8 Å². The SMILES string of the molecule is CCNC(=NCc1nc(C(F)(F)F)cs1)NC(C)C. The van der Waals surface area contributed by atoms with Crippen LogP contribution in [0, 0.1) is 0 Å². The molecule has 0 aliphatic heterocycles. The van der Waals surface area contributed by atoms with Crippen molar-refractivity contribution in [2.75, 3.05) is 6.54 Å². The first-order chi connectivity index (χ1) is 8.82. The largest absolute Gasteiger partial charge is 0.434 e. The average Bonchev–Trinajstić information content (AvgIpc) is 2.73. The summed E-state index contributed by atoms with van der Waals surface area (Å²) < 4.78 is 37.1. The van der Waals surface area contributed by atoms with E-state index in [1.54, 1.807) is 0 Å². The predicted molar refractivity (Wildman–Crippen MR) is 70.2 cm³/mol. The van der Waals surface area contributed by atoms with Crippen molar-refractivity contribution in [2.24, 2.45) is 4.99 Å². The topological polar surface area (TPSA) is 49.3 Å². The lowest BCUT2D eigenvalue weighted by atomic mass is 10.4. The summed E-state index contributed by atoms with van der Waals surface area (Å²) in [5.41, 5.74) is -0.857. The molecule has 0 atom stereocenters. The van der Waals surface area contributed by atoms with E-state index in [2.05, 4.69) is 20.6 Å². The molecule has 1 aromatic heterocycles. The third kappa shape index (κ3) is 5.46. The second kappa shape index (κ2) is 6.74. The predicted octanol–water partition coefficient (Wildman–Crippen LogP) is 2.63. The van der Waals surface area contributed by atoms with Crippen LogP contribution < -0.4 is 10.6 Å². The lowest BCUT2D eigenvalue weighted by Gasteiger charge is -2.13. The Labute approximate surface area is 114 Å². The monoisotopic (exact) mass is 294 g/mol. The fourth-order valence-corrected chi connectivity index (χ4v) is 1.98. The maximum atomic E-state index is 12.4. The molecule has 0 saturated heterocycles. The van der Waals surface area contributed by atoms with Gasteiger partial charge in [0.1, 0.15) is 5.01 Å². The molecule has 1 heterocycles. The van der Waals surface area contributed by atoms with Gasteiger partial charge in [0, 0.05) is 18.0 Å². The summed E-state index contributed by atoms with van der Waals surface area (Å²) in [6, 6.07) is 0.194. The second-order valence-corrected chi connectivity index (χ2v) is 5.06. The van der Waals surface area contributed by atoms with Crippen LogP contribution in [0.2, 0.25) is 0 Å². The van der Waals surface area contributed by atoms with Gasteiger partial charge in [0.15, 0.2) is 11.7 Å². The van der Waals surface area contributed by atoms with E-state index in [-0.39, 0.29) is 12.6 Å². The Bertz CT molecular complexity index is 426. The van der Waals surface area contributed by atoms with E-state index in [1.165, 1.54) is 0 Å². The van der Waals surface area contributed by atoms with Gasteiger partial charge in [-0.1, -0.05) is 0 Å². The highest BCUT2D eigenvalue weighted by Crippen LogP contribution is 2.30. The third-order valence-corrected chi connectivity index (χ3v) is 2.82. The molecule has 0 bridgehead atoms. The Morgan fingerprint density at radius 1 is 1.47 bits per heavy atom. The molecule has 0 saturated carbocycles. The molecule has 0 spiro atoms. The molecule has 1 rings (SSSR count). The maximum absolute atomic E-state index is 12.4. The molecule has 4 nitrogen and oxygen atoms in total. The van der Waals surface area contributed by atoms with Crippen LogP contribution >= 0.6 is 11.3 Å². The number of hydrogen-bond donors (Lipinski definition) is 2. The normalized spacial score (nSPS) is 12.9. The van der Waals surface area contributed by atoms with E-state index in [0.717, 1.165) is 16.7 Å². The molecular formula is C11H17F3N4S. The van der Waals surface area contributed by atoms with Crippen molar-refractivity contribution in [2.45, 2.75) is 39.5 Å². The smallest absolute Gasteiger partial charge is 0.357 e. The summed E-state index contributed by atoms with van der Waals surface area (Å²) in [6.45, 7) is 6.64. The van der Waals surface area contributed by atoms with E-state index >= 15 is 0 Å². The Kier molecular flexibility index (Phi) is 5.59. The van der Waals surface area contributed by atoms with Gasteiger partial charge < -0.3 is 10.6 Å². The highest BCUT2D eigenvalue weighted by atomic mass is 32.1. The van der Waals surface area contributed by atoms with Crippen molar-refractivity contribution in [3.63, 3.8) is 0 Å². The first-order valence-corrected chi connectivity index (χ1v) is 6.77. The van der Waals surface area contributed by atoms with Gasteiger partial charge in [-0.3, -0.25) is 0 Å². The fourth-order valence-electron chi connectivity index (χ4n) is 1.25. The third-order valence-electron chi connectivity index (χ3n) is 1.98. The second-order valence-electron chi connectivity index (χ2n) is 4.12. The zero-order valence-corrected chi connectivity index (χ0v) is 11.8. The van der Waals surface area contributed by atoms with E-state index < -0.39 is 11.9 Å². The summed E-state index contributed by atoms with van der Waals surface area (Å²) in [7, 11) is 0.